The van der Waals surface area contributed by atoms with Crippen LogP contribution in [0.5, 0.6) is 11.5 Å². The Labute approximate surface area is 192 Å². The minimum atomic E-state index is -0.255. The number of hydrazone groups is 1. The molecule has 2 N–H and O–H groups in total. The Morgan fingerprint density at radius 2 is 1.94 bits per heavy atom. The van der Waals surface area contributed by atoms with E-state index in [1.165, 1.54) is 11.8 Å². The maximum Gasteiger partial charge on any atom is 0.234 e. The van der Waals surface area contributed by atoms with Crippen LogP contribution >= 0.6 is 11.8 Å². The van der Waals surface area contributed by atoms with Crippen molar-refractivity contribution in [2.45, 2.75) is 51.4 Å². The molecule has 2 amide bonds. The number of thioether (sulfide) groups is 1. The van der Waals surface area contributed by atoms with Gasteiger partial charge >= 0.3 is 0 Å². The number of hydrogen-bond acceptors (Lipinski definition) is 8. The van der Waals surface area contributed by atoms with Gasteiger partial charge in [-0.05, 0) is 19.3 Å². The highest BCUT2D eigenvalue weighted by atomic mass is 32.2. The van der Waals surface area contributed by atoms with E-state index in [1.54, 1.807) is 32.4 Å². The number of benzene rings is 1. The molecule has 2 fully saturated rings. The van der Waals surface area contributed by atoms with Crippen LogP contribution < -0.4 is 20.2 Å². The fraction of sp³-hybridized carbons (Fsp3) is 0.591. The average Bonchev–Trinajstić information content (AvgIpc) is 3.24. The van der Waals surface area contributed by atoms with Crippen LogP contribution in [0.25, 0.3) is 0 Å². The maximum atomic E-state index is 13.1. The van der Waals surface area contributed by atoms with E-state index in [0.29, 0.717) is 23.7 Å². The van der Waals surface area contributed by atoms with Crippen LogP contribution in [0.1, 0.15) is 39.0 Å². The smallest absolute Gasteiger partial charge is 0.234 e. The van der Waals surface area contributed by atoms with Gasteiger partial charge in [-0.2, -0.15) is 5.10 Å². The second-order valence-corrected chi connectivity index (χ2v) is 9.18. The van der Waals surface area contributed by atoms with Crippen molar-refractivity contribution in [1.29, 1.82) is 0 Å². The van der Waals surface area contributed by atoms with Crippen LogP contribution in [0.15, 0.2) is 23.3 Å². The fourth-order valence-corrected chi connectivity index (χ4v) is 5.57. The zero-order valence-electron chi connectivity index (χ0n) is 18.8. The Balaban J connectivity index is 1.42. The number of methoxy groups -OCH3 is 2. The van der Waals surface area contributed by atoms with Crippen molar-refractivity contribution in [3.05, 3.63) is 18.2 Å². The molecular formula is C22H31N5O4S. The number of nitrogens with one attached hydrogen (secondary N) is 2. The van der Waals surface area contributed by atoms with Gasteiger partial charge in [0.15, 0.2) is 11.5 Å². The number of fused-ring (bicyclic) bond motifs is 3. The molecule has 3 aliphatic rings. The van der Waals surface area contributed by atoms with Gasteiger partial charge in [-0.3, -0.25) is 15.0 Å². The second-order valence-electron chi connectivity index (χ2n) is 8.23. The Bertz CT molecular complexity index is 873. The molecule has 1 aliphatic carbocycles. The Morgan fingerprint density at radius 1 is 1.22 bits per heavy atom. The zero-order chi connectivity index (χ0) is 22.7. The monoisotopic (exact) mass is 461 g/mol. The quantitative estimate of drug-likeness (QED) is 0.645. The lowest BCUT2D eigenvalue weighted by molar-refractivity contribution is -0.155. The number of amidine groups is 1. The number of hydrogen-bond donors (Lipinski definition) is 2. The van der Waals surface area contributed by atoms with Gasteiger partial charge in [-0.25, -0.2) is 0 Å². The largest absolute Gasteiger partial charge is 0.497 e. The number of nitrogens with zero attached hydrogens (tertiary/aromatic N) is 3. The summed E-state index contributed by atoms with van der Waals surface area (Å²) in [4.78, 5) is 29.9. The second kappa shape index (κ2) is 9.89. The first-order valence-electron chi connectivity index (χ1n) is 11.1. The standard InChI is InChI=1S/C22H31N5O4S/c1-4-9-26-20(29)17-7-5-6-8-18(17)27-21(26)24-25-22(27)32-13-19(28)23-14-10-15(30-2)12-16(11-14)31-3/h10-12,17-18,21,24H,4-9,13H2,1-3H3,(H,23,28). The Hall–Kier alpha value is -2.62. The van der Waals surface area contributed by atoms with Crippen molar-refractivity contribution < 1.29 is 19.1 Å². The lowest BCUT2D eigenvalue weighted by Crippen LogP contribution is -2.67. The van der Waals surface area contributed by atoms with Crippen LogP contribution in [0.3, 0.4) is 0 Å². The topological polar surface area (TPSA) is 95.5 Å². The third-order valence-electron chi connectivity index (χ3n) is 6.17. The molecule has 3 unspecified atom stereocenters. The number of carbonyl (C=O) groups is 2. The van der Waals surface area contributed by atoms with E-state index in [1.807, 2.05) is 4.90 Å². The molecule has 0 spiro atoms. The van der Waals surface area contributed by atoms with Gasteiger partial charge in [-0.1, -0.05) is 31.5 Å². The van der Waals surface area contributed by atoms with Gasteiger partial charge in [0.1, 0.15) is 11.5 Å². The molecule has 174 valence electrons. The molecule has 1 aromatic rings. The van der Waals surface area contributed by atoms with Crippen LogP contribution in [-0.4, -0.2) is 65.6 Å². The highest BCUT2D eigenvalue weighted by Gasteiger charge is 2.50. The summed E-state index contributed by atoms with van der Waals surface area (Å²) in [5, 5.41) is 8.19. The van der Waals surface area contributed by atoms with Crippen LogP contribution in [0.2, 0.25) is 0 Å². The van der Waals surface area contributed by atoms with Crippen molar-refractivity contribution in [2.24, 2.45) is 11.0 Å². The molecule has 4 rings (SSSR count). The summed E-state index contributed by atoms with van der Waals surface area (Å²) in [7, 11) is 3.14. The van der Waals surface area contributed by atoms with E-state index in [2.05, 4.69) is 27.7 Å². The molecule has 2 heterocycles. The zero-order valence-corrected chi connectivity index (χ0v) is 19.6. The van der Waals surface area contributed by atoms with Crippen molar-refractivity contribution in [3.8, 4) is 11.5 Å². The van der Waals surface area contributed by atoms with E-state index < -0.39 is 0 Å². The molecule has 1 saturated carbocycles. The van der Waals surface area contributed by atoms with Crippen molar-refractivity contribution in [3.63, 3.8) is 0 Å². The Kier molecular flexibility index (Phi) is 6.98. The summed E-state index contributed by atoms with van der Waals surface area (Å²) in [6, 6.07) is 5.40. The van der Waals surface area contributed by atoms with Gasteiger partial charge in [0.05, 0.1) is 25.9 Å². The summed E-state index contributed by atoms with van der Waals surface area (Å²) in [5.41, 5.74) is 3.76. The Morgan fingerprint density at radius 3 is 2.62 bits per heavy atom. The first kappa shape index (κ1) is 22.6. The van der Waals surface area contributed by atoms with Crippen LogP contribution in [-0.2, 0) is 9.59 Å². The molecule has 0 bridgehead atoms. The third kappa shape index (κ3) is 4.46. The highest BCUT2D eigenvalue weighted by Crippen LogP contribution is 2.38. The lowest BCUT2D eigenvalue weighted by atomic mass is 9.81. The predicted molar refractivity (Wildman–Crippen MR) is 125 cm³/mol. The van der Waals surface area contributed by atoms with Gasteiger partial charge < -0.3 is 24.6 Å². The van der Waals surface area contributed by atoms with Gasteiger partial charge in [0, 0.05) is 36.5 Å². The minimum Gasteiger partial charge on any atom is -0.497 e. The molecular weight excluding hydrogens is 430 g/mol. The van der Waals surface area contributed by atoms with E-state index in [4.69, 9.17) is 9.47 Å². The number of carbonyl (C=O) groups excluding carboxylic acids is 2. The molecule has 32 heavy (non-hydrogen) atoms. The normalized spacial score (nSPS) is 24.3. The summed E-state index contributed by atoms with van der Waals surface area (Å²) in [5.74, 6) is 1.53. The van der Waals surface area contributed by atoms with Crippen LogP contribution in [0, 0.1) is 5.92 Å². The number of amides is 2. The van der Waals surface area contributed by atoms with Crippen molar-refractivity contribution in [2.75, 3.05) is 31.8 Å². The molecule has 1 saturated heterocycles. The molecule has 2 aliphatic heterocycles. The first-order chi connectivity index (χ1) is 15.5. The molecule has 1 aromatic carbocycles. The van der Waals surface area contributed by atoms with Gasteiger partial charge in [0.2, 0.25) is 11.8 Å². The van der Waals surface area contributed by atoms with E-state index >= 15 is 0 Å². The lowest BCUT2D eigenvalue weighted by Gasteiger charge is -2.50. The van der Waals surface area contributed by atoms with Crippen LogP contribution in [0.4, 0.5) is 5.69 Å². The predicted octanol–water partition coefficient (Wildman–Crippen LogP) is 2.65. The maximum absolute atomic E-state index is 13.1. The summed E-state index contributed by atoms with van der Waals surface area (Å²) >= 11 is 1.39. The molecule has 9 nitrogen and oxygen atoms in total. The van der Waals surface area contributed by atoms with Gasteiger partial charge in [0.25, 0.3) is 0 Å². The van der Waals surface area contributed by atoms with Gasteiger partial charge in [-0.15, -0.1) is 0 Å². The summed E-state index contributed by atoms with van der Waals surface area (Å²) in [6.07, 6.45) is 4.73. The number of rotatable bonds is 7. The van der Waals surface area contributed by atoms with E-state index in [9.17, 15) is 9.59 Å². The minimum absolute atomic E-state index is 0.00956. The number of ether oxygens (including phenoxy) is 2. The van der Waals surface area contributed by atoms with Crippen molar-refractivity contribution >= 4 is 34.4 Å². The summed E-state index contributed by atoms with van der Waals surface area (Å²) in [6.45, 7) is 2.77. The van der Waals surface area contributed by atoms with E-state index in [0.717, 1.165) is 37.3 Å². The third-order valence-corrected chi connectivity index (χ3v) is 7.14. The van der Waals surface area contributed by atoms with E-state index in [-0.39, 0.29) is 35.8 Å². The SMILES string of the molecule is CCCN1C(=O)C2CCCCC2N2C(SCC(=O)Nc3cc(OC)cc(OC)c3)=NNC12. The summed E-state index contributed by atoms with van der Waals surface area (Å²) < 4.78 is 10.5. The molecule has 10 heteroatoms. The highest BCUT2D eigenvalue weighted by molar-refractivity contribution is 8.14. The first-order valence-corrected chi connectivity index (χ1v) is 12.1. The molecule has 0 aromatic heterocycles. The number of anilines is 1. The van der Waals surface area contributed by atoms with Crippen molar-refractivity contribution in [1.82, 2.24) is 15.2 Å². The fourth-order valence-electron chi connectivity index (χ4n) is 4.73. The molecule has 0 radical (unpaired) electrons. The average molecular weight is 462 g/mol. The molecule has 3 atom stereocenters.